The molecule has 0 bridgehead atoms. The number of esters is 2. The highest BCUT2D eigenvalue weighted by atomic mass is 19.4. The van der Waals surface area contributed by atoms with Crippen molar-refractivity contribution in [3.05, 3.63) is 41.0 Å². The quantitative estimate of drug-likeness (QED) is 0.635. The van der Waals surface area contributed by atoms with E-state index >= 15 is 0 Å². The van der Waals surface area contributed by atoms with E-state index in [1.54, 1.807) is 20.8 Å². The molecule has 1 aromatic carbocycles. The van der Waals surface area contributed by atoms with Gasteiger partial charge in [-0.1, -0.05) is 12.1 Å². The van der Waals surface area contributed by atoms with E-state index < -0.39 is 41.3 Å². The number of halogens is 3. The average molecular weight is 386 g/mol. The first-order valence-electron chi connectivity index (χ1n) is 8.26. The Morgan fingerprint density at radius 1 is 1.33 bits per heavy atom. The summed E-state index contributed by atoms with van der Waals surface area (Å²) >= 11 is 0. The van der Waals surface area contributed by atoms with Gasteiger partial charge in [0.25, 0.3) is 0 Å². The average Bonchev–Trinajstić information content (AvgIpc) is 2.88. The minimum Gasteiger partial charge on any atom is -0.461 e. The van der Waals surface area contributed by atoms with Gasteiger partial charge < -0.3 is 14.6 Å². The molecule has 0 aliphatic carbocycles. The van der Waals surface area contributed by atoms with Gasteiger partial charge in [0.1, 0.15) is 6.61 Å². The van der Waals surface area contributed by atoms with E-state index in [4.69, 9.17) is 9.47 Å². The minimum atomic E-state index is -4.50. The molecule has 1 saturated heterocycles. The van der Waals surface area contributed by atoms with Gasteiger partial charge in [0.2, 0.25) is 0 Å². The van der Waals surface area contributed by atoms with Crippen molar-refractivity contribution in [3.8, 4) is 0 Å². The Labute approximate surface area is 154 Å². The fraction of sp³-hybridized carbons (Fsp3) is 0.474. The summed E-state index contributed by atoms with van der Waals surface area (Å²) in [5, 5.41) is 9.64. The highest BCUT2D eigenvalue weighted by Crippen LogP contribution is 2.34. The predicted octanol–water partition coefficient (Wildman–Crippen LogP) is 3.36. The number of benzene rings is 1. The zero-order valence-electron chi connectivity index (χ0n) is 15.2. The first kappa shape index (κ1) is 21.0. The number of hydrogen-bond donors (Lipinski definition) is 1. The van der Waals surface area contributed by atoms with Gasteiger partial charge in [-0.05, 0) is 44.5 Å². The molecular formula is C19H21F3O5. The Kier molecular flexibility index (Phi) is 5.70. The Morgan fingerprint density at radius 2 is 2.00 bits per heavy atom. The summed E-state index contributed by atoms with van der Waals surface area (Å²) in [6, 6.07) is 4.51. The normalized spacial score (nSPS) is 22.0. The van der Waals surface area contributed by atoms with Crippen LogP contribution in [0.3, 0.4) is 0 Å². The molecule has 1 aliphatic rings. The number of hydrogen-bond acceptors (Lipinski definition) is 5. The number of cyclic esters (lactones) is 1. The maximum atomic E-state index is 12.8. The number of ether oxygens (including phenoxy) is 2. The van der Waals surface area contributed by atoms with Crippen LogP contribution >= 0.6 is 0 Å². The number of aliphatic hydroxyl groups excluding tert-OH is 1. The summed E-state index contributed by atoms with van der Waals surface area (Å²) in [6.07, 6.45) is -3.31. The van der Waals surface area contributed by atoms with Crippen LogP contribution in [0.5, 0.6) is 0 Å². The predicted molar refractivity (Wildman–Crippen MR) is 90.4 cm³/mol. The van der Waals surface area contributed by atoms with E-state index in [9.17, 15) is 27.9 Å². The molecule has 5 nitrogen and oxygen atoms in total. The number of carbonyl (C=O) groups excluding carboxylic acids is 2. The maximum Gasteiger partial charge on any atom is 0.416 e. The lowest BCUT2D eigenvalue weighted by Gasteiger charge is -2.26. The molecule has 1 atom stereocenters. The topological polar surface area (TPSA) is 72.8 Å². The van der Waals surface area contributed by atoms with E-state index in [0.717, 1.165) is 12.1 Å². The second-order valence-electron chi connectivity index (χ2n) is 7.53. The van der Waals surface area contributed by atoms with E-state index in [1.165, 1.54) is 18.2 Å². The number of aliphatic hydroxyl groups is 1. The second-order valence-corrected chi connectivity index (χ2v) is 7.53. The third kappa shape index (κ3) is 5.09. The lowest BCUT2D eigenvalue weighted by atomic mass is 9.96. The van der Waals surface area contributed by atoms with Gasteiger partial charge in [0.15, 0.2) is 5.60 Å². The Bertz CT molecular complexity index is 761. The van der Waals surface area contributed by atoms with Crippen LogP contribution in [0.25, 0.3) is 6.08 Å². The van der Waals surface area contributed by atoms with Crippen LogP contribution in [0, 0.1) is 5.41 Å². The SMILES string of the molecule is CC(C)(C)C(=O)OCC1(CO)C/C(=C\c2cccc(C(F)(F)F)c2)C(=O)O1. The molecule has 1 aromatic rings. The standard InChI is InChI=1S/C19H21F3O5/c1-17(2,3)16(25)26-11-18(10-23)9-13(15(24)27-18)7-12-5-4-6-14(8-12)19(20,21)22/h4-8,23H,9-11H2,1-3H3/b13-7+. The molecule has 0 aromatic heterocycles. The third-order valence-electron chi connectivity index (χ3n) is 4.01. The van der Waals surface area contributed by atoms with Crippen LogP contribution in [-0.2, 0) is 25.2 Å². The van der Waals surface area contributed by atoms with Crippen LogP contribution in [-0.4, -0.2) is 35.9 Å². The van der Waals surface area contributed by atoms with Crippen molar-refractivity contribution in [2.24, 2.45) is 5.41 Å². The highest BCUT2D eigenvalue weighted by Gasteiger charge is 2.45. The minimum absolute atomic E-state index is 0.0873. The van der Waals surface area contributed by atoms with Crippen molar-refractivity contribution < 1.29 is 37.3 Å². The van der Waals surface area contributed by atoms with Crippen LogP contribution in [0.4, 0.5) is 13.2 Å². The fourth-order valence-electron chi connectivity index (χ4n) is 2.46. The molecule has 0 amide bonds. The molecule has 1 heterocycles. The summed E-state index contributed by atoms with van der Waals surface area (Å²) in [4.78, 5) is 24.0. The Hall–Kier alpha value is -2.35. The van der Waals surface area contributed by atoms with E-state index in [0.29, 0.717) is 0 Å². The first-order chi connectivity index (χ1) is 12.4. The summed E-state index contributed by atoms with van der Waals surface area (Å²) in [5.74, 6) is -1.30. The molecule has 1 unspecified atom stereocenters. The van der Waals surface area contributed by atoms with Crippen LogP contribution in [0.15, 0.2) is 29.8 Å². The molecular weight excluding hydrogens is 365 g/mol. The first-order valence-corrected chi connectivity index (χ1v) is 8.26. The lowest BCUT2D eigenvalue weighted by molar-refractivity contribution is -0.171. The molecule has 0 radical (unpaired) electrons. The fourth-order valence-corrected chi connectivity index (χ4v) is 2.46. The third-order valence-corrected chi connectivity index (χ3v) is 4.01. The van der Waals surface area contributed by atoms with Gasteiger partial charge in [0, 0.05) is 12.0 Å². The molecule has 2 rings (SSSR count). The number of alkyl halides is 3. The van der Waals surface area contributed by atoms with Crippen molar-refractivity contribution in [1.82, 2.24) is 0 Å². The monoisotopic (exact) mass is 386 g/mol. The van der Waals surface area contributed by atoms with Crippen molar-refractivity contribution in [1.29, 1.82) is 0 Å². The van der Waals surface area contributed by atoms with Gasteiger partial charge in [-0.3, -0.25) is 4.79 Å². The van der Waals surface area contributed by atoms with Crippen molar-refractivity contribution in [3.63, 3.8) is 0 Å². The molecule has 0 saturated carbocycles. The van der Waals surface area contributed by atoms with Crippen molar-refractivity contribution in [2.45, 2.75) is 39.0 Å². The van der Waals surface area contributed by atoms with Gasteiger partial charge >= 0.3 is 18.1 Å². The van der Waals surface area contributed by atoms with Gasteiger partial charge in [-0.15, -0.1) is 0 Å². The largest absolute Gasteiger partial charge is 0.461 e. The summed E-state index contributed by atoms with van der Waals surface area (Å²) in [5.41, 5.74) is -2.77. The Balaban J connectivity index is 2.20. The summed E-state index contributed by atoms with van der Waals surface area (Å²) in [6.45, 7) is 4.03. The van der Waals surface area contributed by atoms with Crippen LogP contribution in [0.1, 0.15) is 38.3 Å². The molecule has 1 aliphatic heterocycles. The highest BCUT2D eigenvalue weighted by molar-refractivity contribution is 5.96. The second kappa shape index (κ2) is 7.34. The van der Waals surface area contributed by atoms with E-state index in [2.05, 4.69) is 0 Å². The zero-order chi connectivity index (χ0) is 20.5. The van der Waals surface area contributed by atoms with Gasteiger partial charge in [0.05, 0.1) is 17.6 Å². The summed E-state index contributed by atoms with van der Waals surface area (Å²) < 4.78 is 48.8. The van der Waals surface area contributed by atoms with Gasteiger partial charge in [-0.2, -0.15) is 13.2 Å². The van der Waals surface area contributed by atoms with Crippen LogP contribution in [0.2, 0.25) is 0 Å². The lowest BCUT2D eigenvalue weighted by Crippen LogP contribution is -2.40. The van der Waals surface area contributed by atoms with Crippen molar-refractivity contribution in [2.75, 3.05) is 13.2 Å². The Morgan fingerprint density at radius 3 is 2.56 bits per heavy atom. The molecule has 1 fully saturated rings. The molecule has 148 valence electrons. The zero-order valence-corrected chi connectivity index (χ0v) is 15.2. The summed E-state index contributed by atoms with van der Waals surface area (Å²) in [7, 11) is 0. The van der Waals surface area contributed by atoms with E-state index in [-0.39, 0.29) is 24.2 Å². The van der Waals surface area contributed by atoms with Crippen LogP contribution < -0.4 is 0 Å². The number of carbonyl (C=O) groups is 2. The maximum absolute atomic E-state index is 12.8. The molecule has 1 N–H and O–H groups in total. The molecule has 8 heteroatoms. The van der Waals surface area contributed by atoms with Gasteiger partial charge in [-0.25, -0.2) is 4.79 Å². The molecule has 27 heavy (non-hydrogen) atoms. The molecule has 0 spiro atoms. The number of rotatable bonds is 4. The smallest absolute Gasteiger partial charge is 0.416 e. The van der Waals surface area contributed by atoms with E-state index in [1.807, 2.05) is 0 Å². The van der Waals surface area contributed by atoms with Crippen molar-refractivity contribution >= 4 is 18.0 Å².